The molecule has 2 aliphatic heterocycles. The fourth-order valence-corrected chi connectivity index (χ4v) is 4.29. The molecule has 0 saturated carbocycles. The summed E-state index contributed by atoms with van der Waals surface area (Å²) in [6.45, 7) is 6.18. The van der Waals surface area contributed by atoms with Crippen LogP contribution in [0.5, 0.6) is 0 Å². The maximum atomic E-state index is 12.6. The quantitative estimate of drug-likeness (QED) is 0.726. The van der Waals surface area contributed by atoms with Gasteiger partial charge in [-0.3, -0.25) is 9.69 Å². The van der Waals surface area contributed by atoms with E-state index < -0.39 is 0 Å². The van der Waals surface area contributed by atoms with Gasteiger partial charge in [0.05, 0.1) is 12.2 Å². The summed E-state index contributed by atoms with van der Waals surface area (Å²) in [5.41, 5.74) is 1.77. The van der Waals surface area contributed by atoms with Gasteiger partial charge in [0.2, 0.25) is 0 Å². The Morgan fingerprint density at radius 3 is 2.60 bits per heavy atom. The van der Waals surface area contributed by atoms with E-state index in [-0.39, 0.29) is 36.8 Å². The molecule has 30 heavy (non-hydrogen) atoms. The van der Waals surface area contributed by atoms with Gasteiger partial charge in [-0.05, 0) is 51.3 Å². The summed E-state index contributed by atoms with van der Waals surface area (Å²) >= 11 is 0. The summed E-state index contributed by atoms with van der Waals surface area (Å²) < 4.78 is 1.86. The summed E-state index contributed by atoms with van der Waals surface area (Å²) in [5.74, 6) is -0.103. The van der Waals surface area contributed by atoms with Crippen molar-refractivity contribution in [3.05, 3.63) is 47.8 Å². The van der Waals surface area contributed by atoms with E-state index in [0.29, 0.717) is 17.8 Å². The third-order valence-corrected chi connectivity index (χ3v) is 6.00. The Kier molecular flexibility index (Phi) is 9.55. The molecular formula is C21H32Cl2N6O. The van der Waals surface area contributed by atoms with E-state index in [1.54, 1.807) is 6.20 Å². The van der Waals surface area contributed by atoms with Crippen LogP contribution in [-0.2, 0) is 6.54 Å². The van der Waals surface area contributed by atoms with E-state index in [9.17, 15) is 4.79 Å². The molecule has 166 valence electrons. The largest absolute Gasteiger partial charge is 0.348 e. The molecule has 0 radical (unpaired) electrons. The molecule has 2 saturated heterocycles. The Morgan fingerprint density at radius 2 is 1.90 bits per heavy atom. The van der Waals surface area contributed by atoms with Crippen molar-refractivity contribution < 1.29 is 4.79 Å². The summed E-state index contributed by atoms with van der Waals surface area (Å²) in [7, 11) is 0. The maximum absolute atomic E-state index is 12.6. The Hall–Kier alpha value is -1.67. The highest BCUT2D eigenvalue weighted by Gasteiger charge is 2.27. The molecule has 2 atom stereocenters. The minimum Gasteiger partial charge on any atom is -0.348 e. The molecule has 0 aliphatic carbocycles. The van der Waals surface area contributed by atoms with E-state index in [2.05, 4.69) is 63.1 Å². The molecule has 0 bridgehead atoms. The predicted octanol–water partition coefficient (Wildman–Crippen LogP) is 2.83. The molecule has 2 N–H and O–H groups in total. The number of piperidine rings is 2. The van der Waals surface area contributed by atoms with Gasteiger partial charge in [-0.25, -0.2) is 4.68 Å². The Labute approximate surface area is 190 Å². The van der Waals surface area contributed by atoms with Crippen molar-refractivity contribution in [2.24, 2.45) is 0 Å². The highest BCUT2D eigenvalue weighted by atomic mass is 35.5. The molecule has 0 spiro atoms. The van der Waals surface area contributed by atoms with Crippen molar-refractivity contribution in [3.8, 4) is 0 Å². The van der Waals surface area contributed by atoms with Crippen molar-refractivity contribution in [1.82, 2.24) is 30.5 Å². The second-order valence-electron chi connectivity index (χ2n) is 8.06. The minimum atomic E-state index is -0.103. The van der Waals surface area contributed by atoms with Crippen LogP contribution in [0.1, 0.15) is 54.7 Å². The number of carbonyl (C=O) groups excluding carboxylic acids is 1. The Morgan fingerprint density at radius 1 is 1.17 bits per heavy atom. The molecular weight excluding hydrogens is 423 g/mol. The number of hydrogen-bond acceptors (Lipinski definition) is 5. The molecule has 2 aromatic rings. The third kappa shape index (κ3) is 6.17. The average molecular weight is 455 g/mol. The summed E-state index contributed by atoms with van der Waals surface area (Å²) in [4.78, 5) is 15.1. The second kappa shape index (κ2) is 11.6. The first-order chi connectivity index (χ1) is 13.7. The van der Waals surface area contributed by atoms with Gasteiger partial charge >= 0.3 is 0 Å². The molecule has 7 nitrogen and oxygen atoms in total. The molecule has 2 aliphatic rings. The van der Waals surface area contributed by atoms with Gasteiger partial charge in [-0.2, -0.15) is 0 Å². The molecule has 2 unspecified atom stereocenters. The zero-order chi connectivity index (χ0) is 19.3. The average Bonchev–Trinajstić information content (AvgIpc) is 3.22. The number of benzene rings is 1. The number of amides is 1. The fourth-order valence-electron chi connectivity index (χ4n) is 4.29. The first-order valence-corrected chi connectivity index (χ1v) is 10.4. The number of likely N-dealkylation sites (tertiary alicyclic amines) is 1. The number of hydrogen-bond donors (Lipinski definition) is 2. The lowest BCUT2D eigenvalue weighted by Crippen LogP contribution is -2.48. The third-order valence-electron chi connectivity index (χ3n) is 6.00. The number of carbonyl (C=O) groups is 1. The van der Waals surface area contributed by atoms with Gasteiger partial charge in [0.25, 0.3) is 5.91 Å². The predicted molar refractivity (Wildman–Crippen MR) is 122 cm³/mol. The van der Waals surface area contributed by atoms with Crippen LogP contribution in [0.15, 0.2) is 36.5 Å². The van der Waals surface area contributed by atoms with Crippen LogP contribution in [0.4, 0.5) is 0 Å². The van der Waals surface area contributed by atoms with Crippen molar-refractivity contribution in [2.45, 2.75) is 57.3 Å². The van der Waals surface area contributed by atoms with E-state index in [1.165, 1.54) is 5.56 Å². The van der Waals surface area contributed by atoms with E-state index >= 15 is 0 Å². The Balaban J connectivity index is 0.00000160. The fraction of sp³-hybridized carbons (Fsp3) is 0.571. The zero-order valence-electron chi connectivity index (χ0n) is 17.4. The highest BCUT2D eigenvalue weighted by Crippen LogP contribution is 2.21. The molecule has 1 amide bonds. The Bertz CT molecular complexity index is 781. The summed E-state index contributed by atoms with van der Waals surface area (Å²) in [5, 5.41) is 14.8. The van der Waals surface area contributed by atoms with Crippen molar-refractivity contribution >= 4 is 30.7 Å². The van der Waals surface area contributed by atoms with E-state index in [4.69, 9.17) is 0 Å². The lowest BCUT2D eigenvalue weighted by molar-refractivity contribution is 0.0862. The van der Waals surface area contributed by atoms with Crippen LogP contribution < -0.4 is 10.6 Å². The SMILES string of the molecule is CC1CC(NC(=O)c2cn(C3CCNCC3)nn2)CCN1Cc1ccccc1.Cl.Cl. The second-order valence-corrected chi connectivity index (χ2v) is 8.06. The zero-order valence-corrected chi connectivity index (χ0v) is 19.0. The number of nitrogens with one attached hydrogen (secondary N) is 2. The molecule has 1 aromatic carbocycles. The number of rotatable bonds is 5. The normalized spacial score (nSPS) is 22.6. The van der Waals surface area contributed by atoms with Crippen molar-refractivity contribution in [1.29, 1.82) is 0 Å². The molecule has 1 aromatic heterocycles. The molecule has 4 rings (SSSR count). The van der Waals surface area contributed by atoms with Gasteiger partial charge in [-0.15, -0.1) is 29.9 Å². The van der Waals surface area contributed by atoms with Crippen LogP contribution in [0.25, 0.3) is 0 Å². The van der Waals surface area contributed by atoms with Crippen LogP contribution in [0, 0.1) is 0 Å². The summed E-state index contributed by atoms with van der Waals surface area (Å²) in [6, 6.07) is 11.5. The first kappa shape index (κ1) is 24.6. The smallest absolute Gasteiger partial charge is 0.273 e. The number of nitrogens with zero attached hydrogens (tertiary/aromatic N) is 4. The van der Waals surface area contributed by atoms with Gasteiger partial charge < -0.3 is 10.6 Å². The lowest BCUT2D eigenvalue weighted by Gasteiger charge is -2.37. The maximum Gasteiger partial charge on any atom is 0.273 e. The minimum absolute atomic E-state index is 0. The van der Waals surface area contributed by atoms with Crippen LogP contribution >= 0.6 is 24.8 Å². The molecule has 9 heteroatoms. The van der Waals surface area contributed by atoms with Crippen LogP contribution in [0.3, 0.4) is 0 Å². The van der Waals surface area contributed by atoms with E-state index in [1.807, 2.05) is 4.68 Å². The monoisotopic (exact) mass is 454 g/mol. The summed E-state index contributed by atoms with van der Waals surface area (Å²) in [6.07, 6.45) is 5.79. The van der Waals surface area contributed by atoms with Crippen molar-refractivity contribution in [3.63, 3.8) is 0 Å². The topological polar surface area (TPSA) is 75.1 Å². The molecule has 2 fully saturated rings. The van der Waals surface area contributed by atoms with E-state index in [0.717, 1.165) is 51.9 Å². The van der Waals surface area contributed by atoms with Gasteiger partial charge in [-0.1, -0.05) is 35.5 Å². The van der Waals surface area contributed by atoms with Crippen molar-refractivity contribution in [2.75, 3.05) is 19.6 Å². The molecule has 3 heterocycles. The number of halogens is 2. The first-order valence-electron chi connectivity index (χ1n) is 10.4. The number of aromatic nitrogens is 3. The van der Waals surface area contributed by atoms with Crippen LogP contribution in [0.2, 0.25) is 0 Å². The van der Waals surface area contributed by atoms with Crippen LogP contribution in [-0.4, -0.2) is 57.5 Å². The van der Waals surface area contributed by atoms with Gasteiger partial charge in [0.15, 0.2) is 5.69 Å². The lowest BCUT2D eigenvalue weighted by atomic mass is 9.97. The van der Waals surface area contributed by atoms with Gasteiger partial charge in [0.1, 0.15) is 0 Å². The van der Waals surface area contributed by atoms with Gasteiger partial charge in [0, 0.05) is 25.2 Å². The highest BCUT2D eigenvalue weighted by molar-refractivity contribution is 5.92. The standard InChI is InChI=1S/C21H30N6O.2ClH/c1-16-13-18(9-12-26(16)14-17-5-3-2-4-6-17)23-21(28)20-15-27(25-24-20)19-7-10-22-11-8-19;;/h2-6,15-16,18-19,22H,7-14H2,1H3,(H,23,28);2*1H.